The Kier molecular flexibility index (Phi) is 5.70. The smallest absolute Gasteiger partial charge is 0.293 e. The molecule has 4 rings (SSSR count). The van der Waals surface area contributed by atoms with Crippen molar-refractivity contribution in [3.05, 3.63) is 49.9 Å². The van der Waals surface area contributed by atoms with E-state index in [0.29, 0.717) is 48.5 Å². The molecule has 2 aromatic rings. The summed E-state index contributed by atoms with van der Waals surface area (Å²) in [6.45, 7) is 4.34. The second-order valence-electron chi connectivity index (χ2n) is 7.68. The molecule has 1 amide bonds. The Hall–Kier alpha value is -2.96. The van der Waals surface area contributed by atoms with Crippen LogP contribution in [0.5, 0.6) is 0 Å². The van der Waals surface area contributed by atoms with Crippen LogP contribution >= 0.6 is 11.3 Å². The molecule has 156 valence electrons. The second kappa shape index (κ2) is 8.42. The minimum Gasteiger partial charge on any atom is -0.378 e. The summed E-state index contributed by atoms with van der Waals surface area (Å²) < 4.78 is 5.31. The maximum Gasteiger partial charge on any atom is 0.293 e. The van der Waals surface area contributed by atoms with Crippen LogP contribution < -0.4 is 10.2 Å². The summed E-state index contributed by atoms with van der Waals surface area (Å²) in [4.78, 5) is 27.1. The number of nitro groups is 1. The largest absolute Gasteiger partial charge is 0.378 e. The quantitative estimate of drug-likeness (QED) is 0.589. The van der Waals surface area contributed by atoms with Crippen molar-refractivity contribution < 1.29 is 14.5 Å². The molecule has 1 aliphatic carbocycles. The van der Waals surface area contributed by atoms with Gasteiger partial charge >= 0.3 is 0 Å². The van der Waals surface area contributed by atoms with Crippen LogP contribution in [0.3, 0.4) is 0 Å². The molecule has 0 radical (unpaired) electrons. The monoisotopic (exact) mass is 426 g/mol. The van der Waals surface area contributed by atoms with Crippen molar-refractivity contribution in [1.29, 1.82) is 5.26 Å². The minimum atomic E-state index is -0.465. The van der Waals surface area contributed by atoms with Crippen LogP contribution in [0, 0.1) is 27.4 Å². The highest BCUT2D eigenvalue weighted by Crippen LogP contribution is 2.39. The summed E-state index contributed by atoms with van der Waals surface area (Å²) in [5.74, 6) is 0.108. The number of nitriles is 1. The van der Waals surface area contributed by atoms with Crippen molar-refractivity contribution in [3.63, 3.8) is 0 Å². The standard InChI is InChI=1S/C21H22N4O4S/c1-13-2-4-15-16(12-22)21(30-19(15)10-13)23-20(26)14-3-5-17(18(11-14)25(27)28)24-6-8-29-9-7-24/h3,5,11,13H,2,4,6-10H2,1H3,(H,23,26)/t13-/m1/s1. The first kappa shape index (κ1) is 20.3. The molecule has 1 aromatic heterocycles. The molecule has 1 aromatic carbocycles. The number of anilines is 2. The van der Waals surface area contributed by atoms with Crippen molar-refractivity contribution in [2.45, 2.75) is 26.2 Å². The zero-order valence-electron chi connectivity index (χ0n) is 16.6. The minimum absolute atomic E-state index is 0.107. The number of nitrogens with zero attached hydrogens (tertiary/aromatic N) is 3. The Morgan fingerprint density at radius 1 is 1.40 bits per heavy atom. The van der Waals surface area contributed by atoms with Gasteiger partial charge in [0.1, 0.15) is 16.8 Å². The van der Waals surface area contributed by atoms with Gasteiger partial charge in [0.15, 0.2) is 0 Å². The van der Waals surface area contributed by atoms with E-state index in [2.05, 4.69) is 18.3 Å². The molecular formula is C21H22N4O4S. The Balaban J connectivity index is 1.60. The van der Waals surface area contributed by atoms with Gasteiger partial charge in [-0.1, -0.05) is 6.92 Å². The van der Waals surface area contributed by atoms with Gasteiger partial charge in [-0.05, 0) is 42.9 Å². The number of rotatable bonds is 4. The molecule has 1 N–H and O–H groups in total. The molecule has 1 atom stereocenters. The summed E-state index contributed by atoms with van der Waals surface area (Å²) >= 11 is 1.44. The van der Waals surface area contributed by atoms with Gasteiger partial charge < -0.3 is 15.0 Å². The predicted octanol–water partition coefficient (Wildman–Crippen LogP) is 3.74. The number of carbonyl (C=O) groups is 1. The Morgan fingerprint density at radius 3 is 2.87 bits per heavy atom. The summed E-state index contributed by atoms with van der Waals surface area (Å²) in [5, 5.41) is 24.6. The number of fused-ring (bicyclic) bond motifs is 1. The molecule has 1 aliphatic heterocycles. The first-order chi connectivity index (χ1) is 14.5. The van der Waals surface area contributed by atoms with Crippen molar-refractivity contribution in [1.82, 2.24) is 0 Å². The summed E-state index contributed by atoms with van der Waals surface area (Å²) in [6.07, 6.45) is 2.77. The number of morpholine rings is 1. The van der Waals surface area contributed by atoms with Gasteiger partial charge in [0, 0.05) is 29.6 Å². The van der Waals surface area contributed by atoms with Gasteiger partial charge in [0.25, 0.3) is 11.6 Å². The maximum absolute atomic E-state index is 12.9. The number of nitro benzene ring substituents is 1. The van der Waals surface area contributed by atoms with Crippen LogP contribution in [-0.2, 0) is 17.6 Å². The lowest BCUT2D eigenvalue weighted by Crippen LogP contribution is -2.36. The average Bonchev–Trinajstić information content (AvgIpc) is 3.09. The van der Waals surface area contributed by atoms with E-state index in [1.54, 1.807) is 12.1 Å². The van der Waals surface area contributed by atoms with Crippen molar-refractivity contribution in [2.24, 2.45) is 5.92 Å². The average molecular weight is 426 g/mol. The molecule has 2 aliphatic rings. The van der Waals surface area contributed by atoms with E-state index in [0.717, 1.165) is 29.7 Å². The van der Waals surface area contributed by atoms with Gasteiger partial charge in [-0.2, -0.15) is 5.26 Å². The third-order valence-corrected chi connectivity index (χ3v) is 6.81. The number of carbonyl (C=O) groups excluding carboxylic acids is 1. The van der Waals surface area contributed by atoms with Crippen LogP contribution in [0.2, 0.25) is 0 Å². The van der Waals surface area contributed by atoms with Crippen LogP contribution in [0.4, 0.5) is 16.4 Å². The van der Waals surface area contributed by atoms with Gasteiger partial charge in [-0.15, -0.1) is 11.3 Å². The Bertz CT molecular complexity index is 1040. The number of nitrogens with one attached hydrogen (secondary N) is 1. The third-order valence-electron chi connectivity index (χ3n) is 5.64. The molecule has 0 bridgehead atoms. The van der Waals surface area contributed by atoms with Crippen LogP contribution in [0.15, 0.2) is 18.2 Å². The molecule has 0 unspecified atom stereocenters. The molecule has 0 saturated carbocycles. The van der Waals surface area contributed by atoms with Gasteiger partial charge in [-0.3, -0.25) is 14.9 Å². The molecule has 9 heteroatoms. The normalized spacial score (nSPS) is 18.4. The zero-order valence-corrected chi connectivity index (χ0v) is 17.5. The van der Waals surface area contributed by atoms with E-state index in [9.17, 15) is 20.2 Å². The lowest BCUT2D eigenvalue weighted by molar-refractivity contribution is -0.384. The van der Waals surface area contributed by atoms with Gasteiger partial charge in [0.05, 0.1) is 23.7 Å². The Labute approximate surface area is 178 Å². The number of benzene rings is 1. The molecule has 2 heterocycles. The number of ether oxygens (including phenoxy) is 1. The third kappa shape index (κ3) is 3.88. The Morgan fingerprint density at radius 2 is 2.17 bits per heavy atom. The second-order valence-corrected chi connectivity index (χ2v) is 8.79. The van der Waals surface area contributed by atoms with Crippen molar-refractivity contribution >= 4 is 33.6 Å². The van der Waals surface area contributed by atoms with E-state index < -0.39 is 10.8 Å². The molecule has 8 nitrogen and oxygen atoms in total. The van der Waals surface area contributed by atoms with Crippen LogP contribution in [-0.4, -0.2) is 37.1 Å². The highest BCUT2D eigenvalue weighted by molar-refractivity contribution is 7.16. The van der Waals surface area contributed by atoms with Crippen molar-refractivity contribution in [2.75, 3.05) is 36.5 Å². The van der Waals surface area contributed by atoms with Crippen molar-refractivity contribution in [3.8, 4) is 6.07 Å². The highest BCUT2D eigenvalue weighted by Gasteiger charge is 2.26. The lowest BCUT2D eigenvalue weighted by atomic mass is 9.88. The lowest BCUT2D eigenvalue weighted by Gasteiger charge is -2.28. The van der Waals surface area contributed by atoms with E-state index in [-0.39, 0.29) is 11.3 Å². The summed E-state index contributed by atoms with van der Waals surface area (Å²) in [5.41, 5.74) is 2.13. The van der Waals surface area contributed by atoms with Crippen LogP contribution in [0.1, 0.15) is 39.7 Å². The fourth-order valence-electron chi connectivity index (χ4n) is 4.01. The molecule has 1 fully saturated rings. The van der Waals surface area contributed by atoms with E-state index in [1.165, 1.54) is 17.4 Å². The fraction of sp³-hybridized carbons (Fsp3) is 0.429. The summed E-state index contributed by atoms with van der Waals surface area (Å²) in [6, 6.07) is 6.74. The van der Waals surface area contributed by atoms with Gasteiger partial charge in [0.2, 0.25) is 0 Å². The number of amides is 1. The number of thiophene rings is 1. The molecule has 1 saturated heterocycles. The van der Waals surface area contributed by atoms with E-state index in [4.69, 9.17) is 4.74 Å². The fourth-order valence-corrected chi connectivity index (χ4v) is 5.37. The molecule has 30 heavy (non-hydrogen) atoms. The summed E-state index contributed by atoms with van der Waals surface area (Å²) in [7, 11) is 0. The SMILES string of the molecule is C[C@@H]1CCc2c(sc(NC(=O)c3ccc(N4CCOCC4)c([N+](=O)[O-])c3)c2C#N)C1. The van der Waals surface area contributed by atoms with E-state index in [1.807, 2.05) is 4.90 Å². The van der Waals surface area contributed by atoms with Gasteiger partial charge in [-0.25, -0.2) is 0 Å². The predicted molar refractivity (Wildman–Crippen MR) is 114 cm³/mol. The highest BCUT2D eigenvalue weighted by atomic mass is 32.1. The topological polar surface area (TPSA) is 108 Å². The molecular weight excluding hydrogens is 404 g/mol. The number of hydrogen-bond donors (Lipinski definition) is 1. The maximum atomic E-state index is 12.9. The first-order valence-corrected chi connectivity index (χ1v) is 10.8. The van der Waals surface area contributed by atoms with Crippen LogP contribution in [0.25, 0.3) is 0 Å². The zero-order chi connectivity index (χ0) is 21.3. The molecule has 0 spiro atoms. The first-order valence-electron chi connectivity index (χ1n) is 9.95. The number of hydrogen-bond acceptors (Lipinski definition) is 7. The van der Waals surface area contributed by atoms with E-state index >= 15 is 0 Å².